The Balaban J connectivity index is 3.77. The Morgan fingerprint density at radius 2 is 1.50 bits per heavy atom. The topological polar surface area (TPSA) is 55.8 Å². The minimum atomic E-state index is -5.41. The molecule has 26 heavy (non-hydrogen) atoms. The summed E-state index contributed by atoms with van der Waals surface area (Å²) in [4.78, 5) is 25.5. The lowest BCUT2D eigenvalue weighted by molar-refractivity contribution is 0.0578. The van der Waals surface area contributed by atoms with Gasteiger partial charge >= 0.3 is 19.0 Å². The van der Waals surface area contributed by atoms with Crippen LogP contribution in [0.25, 0.3) is 0 Å². The fourth-order valence-electron chi connectivity index (χ4n) is 3.05. The zero-order valence-electron chi connectivity index (χ0n) is 16.3. The predicted octanol–water partition coefficient (Wildman–Crippen LogP) is 3.82. The van der Waals surface area contributed by atoms with E-state index in [1.54, 1.807) is 20.8 Å². The van der Waals surface area contributed by atoms with E-state index in [9.17, 15) is 22.5 Å². The van der Waals surface area contributed by atoms with Gasteiger partial charge in [-0.3, -0.25) is 4.90 Å². The van der Waals surface area contributed by atoms with Crippen LogP contribution in [0.3, 0.4) is 0 Å². The average molecular weight is 374 g/mol. The Morgan fingerprint density at radius 3 is 1.88 bits per heavy atom. The van der Waals surface area contributed by atoms with Crippen LogP contribution >= 0.6 is 0 Å². The fourth-order valence-corrected chi connectivity index (χ4v) is 3.05. The summed E-state index contributed by atoms with van der Waals surface area (Å²) in [5.41, 5.74) is -2.04. The molecular formula is C17H24BF3NO4-. The van der Waals surface area contributed by atoms with Crippen molar-refractivity contribution in [1.82, 2.24) is 0 Å². The number of hydrogen-bond acceptors (Lipinski definition) is 4. The van der Waals surface area contributed by atoms with Crippen molar-refractivity contribution in [1.29, 1.82) is 0 Å². The Labute approximate surface area is 151 Å². The van der Waals surface area contributed by atoms with Crippen LogP contribution in [0.4, 0.5) is 23.4 Å². The third kappa shape index (κ3) is 4.31. The van der Waals surface area contributed by atoms with Crippen molar-refractivity contribution >= 4 is 30.2 Å². The second kappa shape index (κ2) is 7.21. The number of methoxy groups -OCH3 is 1. The standard InChI is InChI=1S/C17H24BF3NO4/c1-9-12(15(23)25-8)10(2)14(11(3)13(9)18(19,20)21)22(7)16(24)26-17(4,5)6/h1-8H3/q-1. The van der Waals surface area contributed by atoms with Gasteiger partial charge < -0.3 is 22.4 Å². The molecule has 5 nitrogen and oxygen atoms in total. The summed E-state index contributed by atoms with van der Waals surface area (Å²) in [7, 11) is 2.41. The lowest BCUT2D eigenvalue weighted by Gasteiger charge is -2.31. The molecule has 0 heterocycles. The molecule has 0 saturated carbocycles. The molecule has 0 unspecified atom stereocenters. The van der Waals surface area contributed by atoms with E-state index in [4.69, 9.17) is 4.74 Å². The van der Waals surface area contributed by atoms with Crippen LogP contribution in [0.15, 0.2) is 0 Å². The fraction of sp³-hybridized carbons (Fsp3) is 0.529. The maximum Gasteiger partial charge on any atom is 0.510 e. The van der Waals surface area contributed by atoms with Crippen molar-refractivity contribution in [3.05, 3.63) is 22.3 Å². The molecule has 0 fully saturated rings. The van der Waals surface area contributed by atoms with Gasteiger partial charge in [0.25, 0.3) is 0 Å². The molecule has 0 aliphatic carbocycles. The summed E-state index contributed by atoms with van der Waals surface area (Å²) in [5, 5.41) is 0. The van der Waals surface area contributed by atoms with Gasteiger partial charge in [-0.15, -0.1) is 0 Å². The predicted molar refractivity (Wildman–Crippen MR) is 95.3 cm³/mol. The molecule has 146 valence electrons. The molecule has 0 spiro atoms. The Kier molecular flexibility index (Phi) is 6.06. The monoisotopic (exact) mass is 374 g/mol. The molecule has 0 saturated heterocycles. The van der Waals surface area contributed by atoms with Crippen LogP contribution in [0, 0.1) is 20.8 Å². The summed E-state index contributed by atoms with van der Waals surface area (Å²) in [6.45, 7) is 3.53. The van der Waals surface area contributed by atoms with Crippen molar-refractivity contribution in [2.24, 2.45) is 0 Å². The molecule has 0 aliphatic rings. The molecule has 1 aromatic carbocycles. The maximum absolute atomic E-state index is 13.7. The number of nitrogens with zero attached hydrogens (tertiary/aromatic N) is 1. The summed E-state index contributed by atoms with van der Waals surface area (Å²) < 4.78 is 50.9. The Bertz CT molecular complexity index is 739. The maximum atomic E-state index is 13.7. The Hall–Kier alpha value is -2.19. The number of benzene rings is 1. The Morgan fingerprint density at radius 1 is 1.00 bits per heavy atom. The lowest BCUT2D eigenvalue weighted by atomic mass is 9.71. The molecule has 0 N–H and O–H groups in total. The highest BCUT2D eigenvalue weighted by atomic mass is 19.4. The van der Waals surface area contributed by atoms with Gasteiger partial charge in [0.15, 0.2) is 0 Å². The van der Waals surface area contributed by atoms with Crippen molar-refractivity contribution in [3.63, 3.8) is 0 Å². The highest BCUT2D eigenvalue weighted by Crippen LogP contribution is 2.32. The highest BCUT2D eigenvalue weighted by Gasteiger charge is 2.35. The zero-order valence-corrected chi connectivity index (χ0v) is 16.3. The van der Waals surface area contributed by atoms with E-state index in [0.717, 1.165) is 12.0 Å². The first-order valence-electron chi connectivity index (χ1n) is 8.02. The molecule has 0 bridgehead atoms. The number of anilines is 1. The van der Waals surface area contributed by atoms with Crippen molar-refractivity contribution < 1.29 is 32.0 Å². The molecule has 1 rings (SSSR count). The van der Waals surface area contributed by atoms with Crippen molar-refractivity contribution in [2.45, 2.75) is 47.1 Å². The number of esters is 1. The first kappa shape index (κ1) is 21.9. The summed E-state index contributed by atoms with van der Waals surface area (Å²) >= 11 is 0. The number of rotatable bonds is 3. The second-order valence-electron chi connectivity index (χ2n) is 7.12. The van der Waals surface area contributed by atoms with Crippen LogP contribution in [0.5, 0.6) is 0 Å². The second-order valence-corrected chi connectivity index (χ2v) is 7.12. The minimum absolute atomic E-state index is 0.0144. The summed E-state index contributed by atoms with van der Waals surface area (Å²) in [5.74, 6) is -0.889. The average Bonchev–Trinajstić information content (AvgIpc) is 2.43. The van der Waals surface area contributed by atoms with Gasteiger partial charge in [0.05, 0.1) is 18.4 Å². The van der Waals surface area contributed by atoms with Gasteiger partial charge in [0.1, 0.15) is 5.60 Å². The van der Waals surface area contributed by atoms with Crippen molar-refractivity contribution in [3.8, 4) is 0 Å². The van der Waals surface area contributed by atoms with E-state index in [1.165, 1.54) is 27.8 Å². The van der Waals surface area contributed by atoms with E-state index < -0.39 is 30.1 Å². The highest BCUT2D eigenvalue weighted by molar-refractivity contribution is 6.74. The van der Waals surface area contributed by atoms with Gasteiger partial charge in [-0.05, 0) is 47.1 Å². The summed E-state index contributed by atoms with van der Waals surface area (Å²) in [6, 6.07) is 0. The van der Waals surface area contributed by atoms with Gasteiger partial charge in [-0.2, -0.15) is 0 Å². The normalized spacial score (nSPS) is 12.0. The van der Waals surface area contributed by atoms with Gasteiger partial charge in [-0.1, -0.05) is 16.6 Å². The van der Waals surface area contributed by atoms with Crippen LogP contribution in [-0.2, 0) is 9.47 Å². The van der Waals surface area contributed by atoms with Crippen LogP contribution in [0.1, 0.15) is 47.8 Å². The minimum Gasteiger partial charge on any atom is -0.465 e. The number of ether oxygens (including phenoxy) is 2. The first-order valence-corrected chi connectivity index (χ1v) is 8.02. The molecule has 0 atom stereocenters. The van der Waals surface area contributed by atoms with E-state index >= 15 is 0 Å². The van der Waals surface area contributed by atoms with Gasteiger partial charge in [0, 0.05) is 7.05 Å². The molecule has 0 radical (unpaired) electrons. The van der Waals surface area contributed by atoms with E-state index in [2.05, 4.69) is 4.74 Å². The van der Waals surface area contributed by atoms with Gasteiger partial charge in [0.2, 0.25) is 0 Å². The van der Waals surface area contributed by atoms with Crippen LogP contribution in [0.2, 0.25) is 0 Å². The number of carbonyl (C=O) groups is 2. The van der Waals surface area contributed by atoms with E-state index in [0.29, 0.717) is 0 Å². The largest absolute Gasteiger partial charge is 0.510 e. The number of halogens is 3. The molecule has 1 aromatic rings. The molecular weight excluding hydrogens is 350 g/mol. The van der Waals surface area contributed by atoms with E-state index in [1.807, 2.05) is 0 Å². The van der Waals surface area contributed by atoms with Gasteiger partial charge in [-0.25, -0.2) is 9.59 Å². The number of amides is 1. The third-order valence-corrected chi connectivity index (χ3v) is 3.99. The molecule has 0 aromatic heterocycles. The lowest BCUT2D eigenvalue weighted by Crippen LogP contribution is -2.42. The number of hydrogen-bond donors (Lipinski definition) is 0. The molecule has 0 aliphatic heterocycles. The first-order chi connectivity index (χ1) is 11.6. The van der Waals surface area contributed by atoms with Crippen LogP contribution in [-0.4, -0.2) is 38.8 Å². The van der Waals surface area contributed by atoms with Crippen molar-refractivity contribution in [2.75, 3.05) is 19.1 Å². The zero-order chi connectivity index (χ0) is 20.6. The number of carbonyl (C=O) groups excluding carboxylic acids is 2. The summed E-state index contributed by atoms with van der Waals surface area (Å²) in [6.07, 6.45) is -0.816. The molecule has 1 amide bonds. The van der Waals surface area contributed by atoms with E-state index in [-0.39, 0.29) is 27.9 Å². The SMILES string of the molecule is COC(=O)c1c(C)c(N(C)C(=O)OC(C)(C)C)c(C)c([B-](F)(F)F)c1C. The smallest absolute Gasteiger partial charge is 0.465 e. The third-order valence-electron chi connectivity index (χ3n) is 3.99. The molecule has 9 heteroatoms. The quantitative estimate of drug-likeness (QED) is 0.596. The van der Waals surface area contributed by atoms with Crippen LogP contribution < -0.4 is 10.4 Å².